The molecule has 1 N–H and O–H groups in total. The van der Waals surface area contributed by atoms with Crippen molar-refractivity contribution in [3.05, 3.63) is 102 Å². The Labute approximate surface area is 184 Å². The van der Waals surface area contributed by atoms with Gasteiger partial charge in [-0.15, -0.1) is 0 Å². The lowest BCUT2D eigenvalue weighted by atomic mass is 10.2. The number of benzene rings is 2. The third-order valence-electron chi connectivity index (χ3n) is 4.73. The van der Waals surface area contributed by atoms with Crippen LogP contribution in [-0.2, 0) is 17.9 Å². The second-order valence-corrected chi connectivity index (χ2v) is 7.38. The molecule has 3 aromatic rings. The van der Waals surface area contributed by atoms with Crippen LogP contribution in [0.15, 0.2) is 85.1 Å². The van der Waals surface area contributed by atoms with Gasteiger partial charge in [-0.3, -0.25) is 9.78 Å². The summed E-state index contributed by atoms with van der Waals surface area (Å²) in [4.78, 5) is 18.5. The van der Waals surface area contributed by atoms with Crippen LogP contribution in [0.5, 0.6) is 5.75 Å². The predicted molar refractivity (Wildman–Crippen MR) is 124 cm³/mol. The zero-order chi connectivity index (χ0) is 21.7. The van der Waals surface area contributed by atoms with Crippen molar-refractivity contribution in [1.82, 2.24) is 15.2 Å². The van der Waals surface area contributed by atoms with Crippen molar-refractivity contribution >= 4 is 12.0 Å². The fraction of sp³-hybridized carbons (Fsp3) is 0.231. The molecule has 3 rings (SSSR count). The molecule has 0 aliphatic carbocycles. The summed E-state index contributed by atoms with van der Waals surface area (Å²) in [5.74, 6) is 0.688. The summed E-state index contributed by atoms with van der Waals surface area (Å²) < 4.78 is 5.72. The quantitative estimate of drug-likeness (QED) is 0.374. The molecule has 1 aromatic heterocycles. The molecule has 5 heteroatoms. The molecule has 0 saturated carbocycles. The fourth-order valence-corrected chi connectivity index (χ4v) is 3.08. The van der Waals surface area contributed by atoms with Crippen molar-refractivity contribution < 1.29 is 9.53 Å². The molecule has 0 atom stereocenters. The third-order valence-corrected chi connectivity index (χ3v) is 4.73. The second kappa shape index (κ2) is 12.3. The second-order valence-electron chi connectivity index (χ2n) is 7.38. The lowest BCUT2D eigenvalue weighted by Gasteiger charge is -2.16. The molecule has 1 heterocycles. The Morgan fingerprint density at radius 3 is 2.55 bits per heavy atom. The fourth-order valence-electron chi connectivity index (χ4n) is 3.08. The topological polar surface area (TPSA) is 54.5 Å². The number of carbonyl (C=O) groups excluding carboxylic acids is 1. The number of nitrogens with one attached hydrogen (secondary N) is 1. The highest BCUT2D eigenvalue weighted by Crippen LogP contribution is 2.14. The molecule has 0 spiro atoms. The molecule has 0 aliphatic heterocycles. The number of aromatic nitrogens is 1. The predicted octanol–water partition coefficient (Wildman–Crippen LogP) is 4.31. The van der Waals surface area contributed by atoms with E-state index in [1.807, 2.05) is 48.5 Å². The normalized spacial score (nSPS) is 11.0. The standard InChI is InChI=1S/C26H29N3O2/c1-29(20-23-8-3-2-4-9-23)19-7-18-28-26(30)16-13-22-11-14-25(15-12-22)31-21-24-10-5-6-17-27-24/h2-6,8-17H,7,18-21H2,1H3,(H,28,30)/b16-13+. The summed E-state index contributed by atoms with van der Waals surface area (Å²) in [6, 6.07) is 23.8. The van der Waals surface area contributed by atoms with Gasteiger partial charge in [0.1, 0.15) is 12.4 Å². The first-order chi connectivity index (χ1) is 15.2. The van der Waals surface area contributed by atoms with E-state index < -0.39 is 0 Å². The molecule has 0 saturated heterocycles. The minimum atomic E-state index is -0.0822. The van der Waals surface area contributed by atoms with E-state index in [0.29, 0.717) is 13.2 Å². The van der Waals surface area contributed by atoms with E-state index in [0.717, 1.165) is 36.5 Å². The summed E-state index contributed by atoms with van der Waals surface area (Å²) >= 11 is 0. The van der Waals surface area contributed by atoms with E-state index >= 15 is 0 Å². The van der Waals surface area contributed by atoms with Crippen LogP contribution in [-0.4, -0.2) is 35.9 Å². The highest BCUT2D eigenvalue weighted by atomic mass is 16.5. The van der Waals surface area contributed by atoms with Crippen molar-refractivity contribution in [1.29, 1.82) is 0 Å². The van der Waals surface area contributed by atoms with E-state index in [2.05, 4.69) is 46.5 Å². The smallest absolute Gasteiger partial charge is 0.243 e. The van der Waals surface area contributed by atoms with Crippen LogP contribution in [0.1, 0.15) is 23.2 Å². The molecule has 5 nitrogen and oxygen atoms in total. The zero-order valence-corrected chi connectivity index (χ0v) is 17.9. The van der Waals surface area contributed by atoms with Crippen LogP contribution in [0.4, 0.5) is 0 Å². The first kappa shape index (κ1) is 22.2. The van der Waals surface area contributed by atoms with Crippen molar-refractivity contribution in [2.45, 2.75) is 19.6 Å². The van der Waals surface area contributed by atoms with Gasteiger partial charge < -0.3 is 15.0 Å². The maximum Gasteiger partial charge on any atom is 0.243 e. The van der Waals surface area contributed by atoms with Gasteiger partial charge in [-0.1, -0.05) is 48.5 Å². The largest absolute Gasteiger partial charge is 0.487 e. The highest BCUT2D eigenvalue weighted by Gasteiger charge is 2.01. The van der Waals surface area contributed by atoms with E-state index in [1.165, 1.54) is 5.56 Å². The summed E-state index contributed by atoms with van der Waals surface area (Å²) in [6.45, 7) is 2.93. The van der Waals surface area contributed by atoms with Gasteiger partial charge in [0.15, 0.2) is 0 Å². The zero-order valence-electron chi connectivity index (χ0n) is 17.9. The molecule has 160 valence electrons. The Hall–Kier alpha value is -3.44. The Bertz CT molecular complexity index is 941. The third kappa shape index (κ3) is 8.44. The molecule has 2 aromatic carbocycles. The number of amides is 1. The van der Waals surface area contributed by atoms with Gasteiger partial charge in [-0.05, 0) is 61.5 Å². The number of hydrogen-bond acceptors (Lipinski definition) is 4. The Balaban J connectivity index is 1.33. The molecule has 0 unspecified atom stereocenters. The summed E-state index contributed by atoms with van der Waals surface area (Å²) in [7, 11) is 2.10. The minimum absolute atomic E-state index is 0.0822. The lowest BCUT2D eigenvalue weighted by Crippen LogP contribution is -2.26. The van der Waals surface area contributed by atoms with Gasteiger partial charge in [0.2, 0.25) is 5.91 Å². The lowest BCUT2D eigenvalue weighted by molar-refractivity contribution is -0.116. The van der Waals surface area contributed by atoms with Crippen LogP contribution < -0.4 is 10.1 Å². The Morgan fingerprint density at radius 2 is 1.81 bits per heavy atom. The van der Waals surface area contributed by atoms with Crippen LogP contribution in [0.3, 0.4) is 0 Å². The van der Waals surface area contributed by atoms with Crippen LogP contribution in [0.2, 0.25) is 0 Å². The summed E-state index contributed by atoms with van der Waals surface area (Å²) in [5.41, 5.74) is 3.13. The molecule has 1 amide bonds. The molecule has 0 aliphatic rings. The van der Waals surface area contributed by atoms with Crippen LogP contribution in [0.25, 0.3) is 6.08 Å². The molecular weight excluding hydrogens is 386 g/mol. The molecular formula is C26H29N3O2. The highest BCUT2D eigenvalue weighted by molar-refractivity contribution is 5.91. The van der Waals surface area contributed by atoms with E-state index in [-0.39, 0.29) is 5.91 Å². The van der Waals surface area contributed by atoms with Crippen molar-refractivity contribution in [3.8, 4) is 5.75 Å². The number of hydrogen-bond donors (Lipinski definition) is 1. The number of carbonyl (C=O) groups is 1. The van der Waals surface area contributed by atoms with E-state index in [1.54, 1.807) is 18.3 Å². The SMILES string of the molecule is CN(CCCNC(=O)/C=C/c1ccc(OCc2ccccn2)cc1)Cc1ccccc1. The number of ether oxygens (including phenoxy) is 1. The van der Waals surface area contributed by atoms with Crippen molar-refractivity contribution in [2.75, 3.05) is 20.1 Å². The van der Waals surface area contributed by atoms with Crippen LogP contribution in [0, 0.1) is 0 Å². The average molecular weight is 416 g/mol. The Kier molecular flexibility index (Phi) is 8.83. The van der Waals surface area contributed by atoms with E-state index in [4.69, 9.17) is 4.74 Å². The Morgan fingerprint density at radius 1 is 1.03 bits per heavy atom. The summed E-state index contributed by atoms with van der Waals surface area (Å²) in [6.07, 6.45) is 6.03. The summed E-state index contributed by atoms with van der Waals surface area (Å²) in [5, 5.41) is 2.94. The van der Waals surface area contributed by atoms with Gasteiger partial charge in [0.05, 0.1) is 5.69 Å². The average Bonchev–Trinajstić information content (AvgIpc) is 2.81. The number of nitrogens with zero attached hydrogens (tertiary/aromatic N) is 2. The first-order valence-electron chi connectivity index (χ1n) is 10.5. The molecule has 31 heavy (non-hydrogen) atoms. The monoisotopic (exact) mass is 415 g/mol. The number of rotatable bonds is 11. The number of pyridine rings is 1. The molecule has 0 radical (unpaired) electrons. The minimum Gasteiger partial charge on any atom is -0.487 e. The van der Waals surface area contributed by atoms with Gasteiger partial charge in [-0.25, -0.2) is 0 Å². The first-order valence-corrected chi connectivity index (χ1v) is 10.5. The van der Waals surface area contributed by atoms with Gasteiger partial charge >= 0.3 is 0 Å². The van der Waals surface area contributed by atoms with Crippen molar-refractivity contribution in [3.63, 3.8) is 0 Å². The van der Waals surface area contributed by atoms with E-state index in [9.17, 15) is 4.79 Å². The van der Waals surface area contributed by atoms with Crippen LogP contribution >= 0.6 is 0 Å². The van der Waals surface area contributed by atoms with Gasteiger partial charge in [-0.2, -0.15) is 0 Å². The van der Waals surface area contributed by atoms with Gasteiger partial charge in [0.25, 0.3) is 0 Å². The van der Waals surface area contributed by atoms with Gasteiger partial charge in [0, 0.05) is 25.4 Å². The molecule has 0 fully saturated rings. The maximum atomic E-state index is 12.0. The molecule has 0 bridgehead atoms. The maximum absolute atomic E-state index is 12.0. The van der Waals surface area contributed by atoms with Crippen molar-refractivity contribution in [2.24, 2.45) is 0 Å².